The first-order chi connectivity index (χ1) is 11.9. The van der Waals surface area contributed by atoms with Gasteiger partial charge in [0.1, 0.15) is 13.2 Å². The first-order valence-electron chi connectivity index (χ1n) is 8.39. The minimum absolute atomic E-state index is 0.0578. The van der Waals surface area contributed by atoms with E-state index in [1.165, 1.54) is 7.11 Å². The van der Waals surface area contributed by atoms with E-state index in [-0.39, 0.29) is 18.4 Å². The highest BCUT2D eigenvalue weighted by molar-refractivity contribution is 5.96. The summed E-state index contributed by atoms with van der Waals surface area (Å²) in [4.78, 5) is 26.3. The summed E-state index contributed by atoms with van der Waals surface area (Å²) in [6, 6.07) is 3.25. The minimum Gasteiger partial charge on any atom is -0.493 e. The van der Waals surface area contributed by atoms with E-state index in [2.05, 4.69) is 0 Å². The number of methoxy groups -OCH3 is 1. The van der Waals surface area contributed by atoms with Crippen LogP contribution in [0.25, 0.3) is 0 Å². The van der Waals surface area contributed by atoms with E-state index in [9.17, 15) is 14.7 Å². The number of carbonyl (C=O) groups excluding carboxylic acids is 1. The summed E-state index contributed by atoms with van der Waals surface area (Å²) in [5, 5.41) is 9.65. The lowest BCUT2D eigenvalue weighted by atomic mass is 9.76. The summed E-state index contributed by atoms with van der Waals surface area (Å²) >= 11 is 0. The van der Waals surface area contributed by atoms with Crippen LogP contribution in [0.4, 0.5) is 0 Å². The average molecular weight is 349 g/mol. The van der Waals surface area contributed by atoms with Crippen LogP contribution in [0, 0.1) is 11.3 Å². The topological polar surface area (TPSA) is 85.3 Å². The van der Waals surface area contributed by atoms with Crippen molar-refractivity contribution in [1.29, 1.82) is 0 Å². The predicted molar refractivity (Wildman–Crippen MR) is 89.4 cm³/mol. The molecule has 0 spiro atoms. The average Bonchev–Trinajstić information content (AvgIpc) is 3.07. The maximum atomic E-state index is 12.9. The fourth-order valence-corrected chi connectivity index (χ4v) is 3.48. The Morgan fingerprint density at radius 1 is 1.28 bits per heavy atom. The molecule has 2 aliphatic rings. The lowest BCUT2D eigenvalue weighted by Gasteiger charge is -2.29. The molecule has 0 aliphatic carbocycles. The lowest BCUT2D eigenvalue weighted by Crippen LogP contribution is -2.40. The molecule has 3 rings (SSSR count). The number of nitrogens with zero attached hydrogens (tertiary/aromatic N) is 1. The molecule has 25 heavy (non-hydrogen) atoms. The van der Waals surface area contributed by atoms with Crippen molar-refractivity contribution in [3.63, 3.8) is 0 Å². The Bertz CT molecular complexity index is 684. The molecule has 2 heterocycles. The van der Waals surface area contributed by atoms with Gasteiger partial charge < -0.3 is 24.2 Å². The van der Waals surface area contributed by atoms with Crippen LogP contribution in [0.1, 0.15) is 30.6 Å². The maximum Gasteiger partial charge on any atom is 0.311 e. The van der Waals surface area contributed by atoms with Crippen molar-refractivity contribution in [1.82, 2.24) is 4.90 Å². The number of carboxylic acid groups (broad SMARTS) is 1. The third-order valence-electron chi connectivity index (χ3n) is 5.19. The first kappa shape index (κ1) is 17.4. The highest BCUT2D eigenvalue weighted by Gasteiger charge is 2.48. The molecule has 7 nitrogen and oxygen atoms in total. The molecule has 1 atom stereocenters. The highest BCUT2D eigenvalue weighted by atomic mass is 16.6. The Labute approximate surface area is 146 Å². The number of hydrogen-bond acceptors (Lipinski definition) is 5. The Hall–Kier alpha value is -2.44. The Morgan fingerprint density at radius 3 is 2.60 bits per heavy atom. The molecule has 7 heteroatoms. The summed E-state index contributed by atoms with van der Waals surface area (Å²) in [7, 11) is 1.51. The third-order valence-corrected chi connectivity index (χ3v) is 5.19. The van der Waals surface area contributed by atoms with Gasteiger partial charge in [0.15, 0.2) is 11.5 Å². The number of carbonyl (C=O) groups is 2. The fraction of sp³-hybridized carbons (Fsp3) is 0.556. The van der Waals surface area contributed by atoms with Gasteiger partial charge in [-0.15, -0.1) is 0 Å². The van der Waals surface area contributed by atoms with Crippen molar-refractivity contribution in [2.45, 2.75) is 20.3 Å². The monoisotopic (exact) mass is 349 g/mol. The van der Waals surface area contributed by atoms with Crippen LogP contribution in [0.2, 0.25) is 0 Å². The molecule has 1 unspecified atom stereocenters. The van der Waals surface area contributed by atoms with Crippen LogP contribution < -0.4 is 14.2 Å². The zero-order valence-electron chi connectivity index (χ0n) is 14.7. The normalized spacial score (nSPS) is 22.2. The van der Waals surface area contributed by atoms with E-state index in [1.54, 1.807) is 17.0 Å². The standard InChI is InChI=1S/C18H23NO6/c1-11(2)18(17(21)22)4-5-19(10-18)16(20)12-8-13(23-3)15-14(9-12)24-6-7-25-15/h8-9,11H,4-7,10H2,1-3H3,(H,21,22). The minimum atomic E-state index is -0.895. The van der Waals surface area contributed by atoms with Gasteiger partial charge in [-0.2, -0.15) is 0 Å². The number of rotatable bonds is 4. The second-order valence-electron chi connectivity index (χ2n) is 6.80. The molecular weight excluding hydrogens is 326 g/mol. The molecule has 1 saturated heterocycles. The van der Waals surface area contributed by atoms with E-state index >= 15 is 0 Å². The van der Waals surface area contributed by atoms with Crippen molar-refractivity contribution >= 4 is 11.9 Å². The Kier molecular flexibility index (Phi) is 4.49. The molecule has 1 aromatic rings. The Balaban J connectivity index is 1.88. The molecule has 136 valence electrons. The molecule has 0 aromatic heterocycles. The lowest BCUT2D eigenvalue weighted by molar-refractivity contribution is -0.150. The SMILES string of the molecule is COc1cc(C(=O)N2CCC(C(=O)O)(C(C)C)C2)cc2c1OCCO2. The third kappa shape index (κ3) is 2.88. The highest BCUT2D eigenvalue weighted by Crippen LogP contribution is 2.42. The van der Waals surface area contributed by atoms with Gasteiger partial charge in [-0.25, -0.2) is 0 Å². The summed E-state index contributed by atoms with van der Waals surface area (Å²) in [5.41, 5.74) is -0.487. The van der Waals surface area contributed by atoms with Gasteiger partial charge in [-0.3, -0.25) is 9.59 Å². The van der Waals surface area contributed by atoms with Crippen LogP contribution in [-0.2, 0) is 4.79 Å². The number of likely N-dealkylation sites (tertiary alicyclic amines) is 1. The molecule has 0 bridgehead atoms. The van der Waals surface area contributed by atoms with Crippen molar-refractivity contribution in [2.75, 3.05) is 33.4 Å². The van der Waals surface area contributed by atoms with Crippen LogP contribution in [0.5, 0.6) is 17.2 Å². The van der Waals surface area contributed by atoms with Crippen LogP contribution in [-0.4, -0.2) is 55.3 Å². The van der Waals surface area contributed by atoms with Crippen molar-refractivity contribution in [3.8, 4) is 17.2 Å². The first-order valence-corrected chi connectivity index (χ1v) is 8.39. The number of carboxylic acids is 1. The van der Waals surface area contributed by atoms with E-state index in [1.807, 2.05) is 13.8 Å². The molecule has 1 fully saturated rings. The molecular formula is C18H23NO6. The van der Waals surface area contributed by atoms with E-state index in [0.717, 1.165) is 0 Å². The fourth-order valence-electron chi connectivity index (χ4n) is 3.48. The van der Waals surface area contributed by atoms with Crippen LogP contribution in [0.3, 0.4) is 0 Å². The van der Waals surface area contributed by atoms with Crippen LogP contribution in [0.15, 0.2) is 12.1 Å². The van der Waals surface area contributed by atoms with E-state index < -0.39 is 11.4 Å². The maximum absolute atomic E-state index is 12.9. The van der Waals surface area contributed by atoms with Gasteiger partial charge in [0.2, 0.25) is 5.75 Å². The van der Waals surface area contributed by atoms with Gasteiger partial charge in [0.25, 0.3) is 5.91 Å². The second-order valence-corrected chi connectivity index (χ2v) is 6.80. The Morgan fingerprint density at radius 2 is 2.00 bits per heavy atom. The van der Waals surface area contributed by atoms with Gasteiger partial charge in [0, 0.05) is 18.7 Å². The number of benzene rings is 1. The summed E-state index contributed by atoms with van der Waals surface area (Å²) in [6.07, 6.45) is 0.452. The molecule has 1 amide bonds. The van der Waals surface area contributed by atoms with Crippen molar-refractivity contribution in [2.24, 2.45) is 11.3 Å². The zero-order chi connectivity index (χ0) is 18.2. The molecule has 1 aromatic carbocycles. The van der Waals surface area contributed by atoms with Gasteiger partial charge in [-0.05, 0) is 24.5 Å². The van der Waals surface area contributed by atoms with E-state index in [0.29, 0.717) is 49.0 Å². The summed E-state index contributed by atoms with van der Waals surface area (Å²) in [5.74, 6) is 0.276. The molecule has 2 aliphatic heterocycles. The van der Waals surface area contributed by atoms with Crippen LogP contribution >= 0.6 is 0 Å². The number of hydrogen-bond donors (Lipinski definition) is 1. The van der Waals surface area contributed by atoms with Gasteiger partial charge in [0.05, 0.1) is 12.5 Å². The molecule has 1 N–H and O–H groups in total. The largest absolute Gasteiger partial charge is 0.493 e. The zero-order valence-corrected chi connectivity index (χ0v) is 14.7. The van der Waals surface area contributed by atoms with Crippen molar-refractivity contribution < 1.29 is 28.9 Å². The number of aliphatic carboxylic acids is 1. The number of ether oxygens (including phenoxy) is 3. The predicted octanol–water partition coefficient (Wildman–Crippen LogP) is 2.04. The second kappa shape index (κ2) is 6.46. The molecule has 0 saturated carbocycles. The summed E-state index contributed by atoms with van der Waals surface area (Å²) in [6.45, 7) is 5.23. The van der Waals surface area contributed by atoms with Crippen molar-refractivity contribution in [3.05, 3.63) is 17.7 Å². The number of amides is 1. The summed E-state index contributed by atoms with van der Waals surface area (Å²) < 4.78 is 16.4. The number of fused-ring (bicyclic) bond motifs is 1. The quantitative estimate of drug-likeness (QED) is 0.895. The smallest absolute Gasteiger partial charge is 0.311 e. The van der Waals surface area contributed by atoms with Gasteiger partial charge in [-0.1, -0.05) is 13.8 Å². The van der Waals surface area contributed by atoms with Gasteiger partial charge >= 0.3 is 5.97 Å². The molecule has 0 radical (unpaired) electrons. The van der Waals surface area contributed by atoms with E-state index in [4.69, 9.17) is 14.2 Å².